The number of fused-ring (bicyclic) bond motifs is 1. The van der Waals surface area contributed by atoms with E-state index in [0.29, 0.717) is 19.7 Å². The van der Waals surface area contributed by atoms with Gasteiger partial charge in [-0.3, -0.25) is 0 Å². The van der Waals surface area contributed by atoms with Gasteiger partial charge in [-0.15, -0.1) is 0 Å². The Hall–Kier alpha value is -2.73. The predicted octanol–water partition coefficient (Wildman–Crippen LogP) is 3.40. The summed E-state index contributed by atoms with van der Waals surface area (Å²) < 4.78 is 16.7. The molecule has 0 bridgehead atoms. The van der Waals surface area contributed by atoms with Gasteiger partial charge in [0.15, 0.2) is 11.5 Å². The highest BCUT2D eigenvalue weighted by Crippen LogP contribution is 2.32. The third-order valence-corrected chi connectivity index (χ3v) is 5.11. The Morgan fingerprint density at radius 1 is 1.19 bits per heavy atom. The van der Waals surface area contributed by atoms with Crippen LogP contribution >= 0.6 is 0 Å². The van der Waals surface area contributed by atoms with Crippen molar-refractivity contribution in [2.45, 2.75) is 32.5 Å². The first-order chi connectivity index (χ1) is 13.1. The first-order valence-corrected chi connectivity index (χ1v) is 9.22. The van der Waals surface area contributed by atoms with Crippen molar-refractivity contribution in [2.24, 2.45) is 0 Å². The van der Waals surface area contributed by atoms with Crippen molar-refractivity contribution in [1.82, 2.24) is 10.2 Å². The molecule has 27 heavy (non-hydrogen) atoms. The normalized spacial score (nSPS) is 21.2. The standard InChI is InChI=1S/C21H24N2O4/c1-14-5-3-4-6-17(14)20-11-23(15(2)12-25-20)21(24)22-10-16-7-8-18-19(9-16)27-13-26-18/h3-9,15,20H,10-13H2,1-2H3,(H,22,24)/t15-,20+/m1/s1. The lowest BCUT2D eigenvalue weighted by Crippen LogP contribution is -2.51. The molecule has 2 aromatic carbocycles. The summed E-state index contributed by atoms with van der Waals surface area (Å²) in [6.07, 6.45) is -0.0984. The van der Waals surface area contributed by atoms with Crippen LogP contribution in [0.5, 0.6) is 11.5 Å². The Morgan fingerprint density at radius 2 is 2.00 bits per heavy atom. The van der Waals surface area contributed by atoms with E-state index in [2.05, 4.69) is 24.4 Å². The van der Waals surface area contributed by atoms with Gasteiger partial charge in [0.25, 0.3) is 0 Å². The lowest BCUT2D eigenvalue weighted by molar-refractivity contribution is -0.0430. The largest absolute Gasteiger partial charge is 0.454 e. The van der Waals surface area contributed by atoms with Gasteiger partial charge in [0.2, 0.25) is 6.79 Å². The number of hydrogen-bond donors (Lipinski definition) is 1. The molecule has 2 aliphatic heterocycles. The molecule has 0 unspecified atom stereocenters. The van der Waals surface area contributed by atoms with E-state index in [0.717, 1.165) is 22.6 Å². The summed E-state index contributed by atoms with van der Waals surface area (Å²) in [6, 6.07) is 13.8. The van der Waals surface area contributed by atoms with E-state index in [-0.39, 0.29) is 25.0 Å². The first kappa shape index (κ1) is 17.7. The molecule has 0 saturated carbocycles. The van der Waals surface area contributed by atoms with Crippen molar-refractivity contribution in [2.75, 3.05) is 19.9 Å². The summed E-state index contributed by atoms with van der Waals surface area (Å²) in [5.74, 6) is 1.47. The number of benzene rings is 2. The molecule has 1 fully saturated rings. The number of hydrogen-bond acceptors (Lipinski definition) is 4. The second-order valence-electron chi connectivity index (χ2n) is 7.03. The Morgan fingerprint density at radius 3 is 2.85 bits per heavy atom. The zero-order chi connectivity index (χ0) is 18.8. The number of rotatable bonds is 3. The van der Waals surface area contributed by atoms with E-state index in [1.165, 1.54) is 5.56 Å². The topological polar surface area (TPSA) is 60.0 Å². The lowest BCUT2D eigenvalue weighted by Gasteiger charge is -2.38. The average molecular weight is 368 g/mol. The molecule has 2 atom stereocenters. The quantitative estimate of drug-likeness (QED) is 0.902. The minimum atomic E-state index is -0.0984. The molecule has 1 saturated heterocycles. The number of nitrogens with zero attached hydrogens (tertiary/aromatic N) is 1. The number of urea groups is 1. The van der Waals surface area contributed by atoms with Crippen LogP contribution in [0.15, 0.2) is 42.5 Å². The van der Waals surface area contributed by atoms with E-state index in [4.69, 9.17) is 14.2 Å². The van der Waals surface area contributed by atoms with Crippen LogP contribution in [0.3, 0.4) is 0 Å². The van der Waals surface area contributed by atoms with Crippen molar-refractivity contribution in [3.05, 3.63) is 59.2 Å². The summed E-state index contributed by atoms with van der Waals surface area (Å²) in [6.45, 7) is 5.83. The molecule has 0 spiro atoms. The van der Waals surface area contributed by atoms with E-state index in [1.807, 2.05) is 42.2 Å². The molecular formula is C21H24N2O4. The Labute approximate surface area is 159 Å². The summed E-state index contributed by atoms with van der Waals surface area (Å²) in [4.78, 5) is 14.6. The molecule has 2 aliphatic rings. The fourth-order valence-corrected chi connectivity index (χ4v) is 3.51. The minimum absolute atomic E-state index is 0.0297. The lowest BCUT2D eigenvalue weighted by atomic mass is 10.0. The van der Waals surface area contributed by atoms with Crippen LogP contribution in [0, 0.1) is 6.92 Å². The Balaban J connectivity index is 1.40. The molecule has 6 heteroatoms. The maximum atomic E-state index is 12.8. The maximum Gasteiger partial charge on any atom is 0.318 e. The van der Waals surface area contributed by atoms with Crippen molar-refractivity contribution in [1.29, 1.82) is 0 Å². The van der Waals surface area contributed by atoms with Crippen molar-refractivity contribution in [3.8, 4) is 11.5 Å². The summed E-state index contributed by atoms with van der Waals surface area (Å²) in [5.41, 5.74) is 3.29. The van der Waals surface area contributed by atoms with Crippen molar-refractivity contribution >= 4 is 6.03 Å². The molecule has 1 N–H and O–H groups in total. The summed E-state index contributed by atoms with van der Waals surface area (Å²) in [5, 5.41) is 3.01. The molecule has 2 heterocycles. The Bertz CT molecular complexity index is 839. The Kier molecular flexibility index (Phi) is 4.90. The van der Waals surface area contributed by atoms with E-state index in [9.17, 15) is 4.79 Å². The van der Waals surface area contributed by atoms with E-state index in [1.54, 1.807) is 0 Å². The third kappa shape index (κ3) is 3.71. The number of nitrogens with one attached hydrogen (secondary N) is 1. The highest BCUT2D eigenvalue weighted by molar-refractivity contribution is 5.74. The fourth-order valence-electron chi connectivity index (χ4n) is 3.51. The highest BCUT2D eigenvalue weighted by atomic mass is 16.7. The van der Waals surface area contributed by atoms with Gasteiger partial charge in [-0.05, 0) is 42.7 Å². The van der Waals surface area contributed by atoms with Gasteiger partial charge in [0, 0.05) is 6.54 Å². The van der Waals surface area contributed by atoms with Crippen molar-refractivity contribution < 1.29 is 19.0 Å². The summed E-state index contributed by atoms with van der Waals surface area (Å²) >= 11 is 0. The van der Waals surface area contributed by atoms with Crippen LogP contribution in [0.1, 0.15) is 29.7 Å². The smallest absolute Gasteiger partial charge is 0.318 e. The average Bonchev–Trinajstić information content (AvgIpc) is 3.15. The predicted molar refractivity (Wildman–Crippen MR) is 101 cm³/mol. The molecule has 0 aliphatic carbocycles. The molecule has 2 amide bonds. The highest BCUT2D eigenvalue weighted by Gasteiger charge is 2.31. The minimum Gasteiger partial charge on any atom is -0.454 e. The van der Waals surface area contributed by atoms with Crippen LogP contribution in [-0.2, 0) is 11.3 Å². The number of amides is 2. The van der Waals surface area contributed by atoms with Crippen LogP contribution in [0.2, 0.25) is 0 Å². The number of ether oxygens (including phenoxy) is 3. The molecule has 0 aromatic heterocycles. The van der Waals surface area contributed by atoms with E-state index >= 15 is 0 Å². The van der Waals surface area contributed by atoms with Crippen molar-refractivity contribution in [3.63, 3.8) is 0 Å². The number of carbonyl (C=O) groups excluding carboxylic acids is 1. The zero-order valence-corrected chi connectivity index (χ0v) is 15.6. The van der Waals surface area contributed by atoms with Gasteiger partial charge in [0.05, 0.1) is 19.2 Å². The SMILES string of the molecule is Cc1ccccc1[C@@H]1CN(C(=O)NCc2ccc3c(c2)OCO3)[C@H](C)CO1. The van der Waals surface area contributed by atoms with Crippen LogP contribution in [-0.4, -0.2) is 36.9 Å². The second-order valence-corrected chi connectivity index (χ2v) is 7.03. The van der Waals surface area contributed by atoms with Gasteiger partial charge >= 0.3 is 6.03 Å². The maximum absolute atomic E-state index is 12.8. The fraction of sp³-hybridized carbons (Fsp3) is 0.381. The summed E-state index contributed by atoms with van der Waals surface area (Å²) in [7, 11) is 0. The van der Waals surface area contributed by atoms with Crippen LogP contribution in [0.25, 0.3) is 0 Å². The zero-order valence-electron chi connectivity index (χ0n) is 15.6. The van der Waals surface area contributed by atoms with Gasteiger partial charge in [-0.2, -0.15) is 0 Å². The van der Waals surface area contributed by atoms with Crippen LogP contribution in [0.4, 0.5) is 4.79 Å². The molecule has 142 valence electrons. The number of aryl methyl sites for hydroxylation is 1. The molecule has 0 radical (unpaired) electrons. The third-order valence-electron chi connectivity index (χ3n) is 5.11. The van der Waals surface area contributed by atoms with Crippen LogP contribution < -0.4 is 14.8 Å². The monoisotopic (exact) mass is 368 g/mol. The van der Waals surface area contributed by atoms with Gasteiger partial charge < -0.3 is 24.4 Å². The van der Waals surface area contributed by atoms with Gasteiger partial charge in [0.1, 0.15) is 6.10 Å². The van der Waals surface area contributed by atoms with E-state index < -0.39 is 0 Å². The number of carbonyl (C=O) groups is 1. The molecule has 4 rings (SSSR count). The molecule has 6 nitrogen and oxygen atoms in total. The first-order valence-electron chi connectivity index (χ1n) is 9.22. The van der Waals surface area contributed by atoms with Gasteiger partial charge in [-0.25, -0.2) is 4.79 Å². The number of morpholine rings is 1. The van der Waals surface area contributed by atoms with Gasteiger partial charge in [-0.1, -0.05) is 30.3 Å². The molecular weight excluding hydrogens is 344 g/mol. The molecule has 2 aromatic rings. The second kappa shape index (κ2) is 7.48.